The standard InChI is InChI=1S/C17H23NO4/c1-16(18(2)21-3,13-14-9-5-4-6-10-14)15(19)17(20)11-7-8-12-22-17/h4-6,8-10,12,20H,7,11,13H2,1-3H3. The summed E-state index contributed by atoms with van der Waals surface area (Å²) in [6.07, 6.45) is 4.42. The summed E-state index contributed by atoms with van der Waals surface area (Å²) in [6.45, 7) is 1.76. The Morgan fingerprint density at radius 2 is 2.14 bits per heavy atom. The van der Waals surface area contributed by atoms with Gasteiger partial charge in [0.1, 0.15) is 5.54 Å². The summed E-state index contributed by atoms with van der Waals surface area (Å²) in [5.74, 6) is -2.22. The van der Waals surface area contributed by atoms with Crippen molar-refractivity contribution in [3.8, 4) is 0 Å². The van der Waals surface area contributed by atoms with Crippen LogP contribution >= 0.6 is 0 Å². The van der Waals surface area contributed by atoms with Crippen LogP contribution in [-0.4, -0.2) is 41.4 Å². The van der Waals surface area contributed by atoms with Crippen LogP contribution in [0.2, 0.25) is 0 Å². The Hall–Kier alpha value is -1.69. The monoisotopic (exact) mass is 305 g/mol. The summed E-state index contributed by atoms with van der Waals surface area (Å²) in [4.78, 5) is 18.3. The number of likely N-dealkylation sites (N-methyl/N-ethyl adjacent to an activating group) is 1. The maximum absolute atomic E-state index is 13.0. The SMILES string of the molecule is CON(C)C(C)(Cc1ccccc1)C(=O)C1(O)CCC=CO1. The van der Waals surface area contributed by atoms with Crippen molar-refractivity contribution < 1.29 is 19.5 Å². The second kappa shape index (κ2) is 6.60. The predicted octanol–water partition coefficient (Wildman–Crippen LogP) is 2.06. The first-order chi connectivity index (χ1) is 10.4. The van der Waals surface area contributed by atoms with Crippen LogP contribution in [0.3, 0.4) is 0 Å². The highest BCUT2D eigenvalue weighted by Crippen LogP contribution is 2.31. The molecule has 1 heterocycles. The van der Waals surface area contributed by atoms with Gasteiger partial charge >= 0.3 is 0 Å². The molecule has 0 saturated heterocycles. The molecule has 0 amide bonds. The molecule has 0 radical (unpaired) electrons. The van der Waals surface area contributed by atoms with Gasteiger partial charge in [-0.1, -0.05) is 30.3 Å². The molecule has 1 aromatic rings. The number of rotatable bonds is 6. The van der Waals surface area contributed by atoms with Crippen LogP contribution in [0.15, 0.2) is 42.7 Å². The van der Waals surface area contributed by atoms with Crippen molar-refractivity contribution in [2.45, 2.75) is 37.5 Å². The fourth-order valence-corrected chi connectivity index (χ4v) is 2.68. The molecule has 0 saturated carbocycles. The third-order valence-corrected chi connectivity index (χ3v) is 4.21. The largest absolute Gasteiger partial charge is 0.463 e. The van der Waals surface area contributed by atoms with Crippen molar-refractivity contribution >= 4 is 5.78 Å². The molecule has 5 heteroatoms. The number of hydrogen-bond donors (Lipinski definition) is 1. The molecular weight excluding hydrogens is 282 g/mol. The summed E-state index contributed by atoms with van der Waals surface area (Å²) in [5, 5.41) is 12.1. The molecule has 0 aromatic heterocycles. The molecule has 120 valence electrons. The van der Waals surface area contributed by atoms with Crippen molar-refractivity contribution in [3.05, 3.63) is 48.2 Å². The van der Waals surface area contributed by atoms with Crippen molar-refractivity contribution in [3.63, 3.8) is 0 Å². The third-order valence-electron chi connectivity index (χ3n) is 4.21. The highest BCUT2D eigenvalue weighted by Gasteiger charge is 2.51. The molecule has 0 fully saturated rings. The lowest BCUT2D eigenvalue weighted by atomic mass is 9.82. The fraction of sp³-hybridized carbons (Fsp3) is 0.471. The van der Waals surface area contributed by atoms with Crippen molar-refractivity contribution in [1.82, 2.24) is 5.06 Å². The maximum Gasteiger partial charge on any atom is 0.269 e. The van der Waals surface area contributed by atoms with Crippen LogP contribution < -0.4 is 0 Å². The molecular formula is C17H23NO4. The smallest absolute Gasteiger partial charge is 0.269 e. The summed E-state index contributed by atoms with van der Waals surface area (Å²) in [6, 6.07) is 9.65. The molecule has 2 rings (SSSR count). The molecule has 1 aliphatic rings. The van der Waals surface area contributed by atoms with E-state index in [-0.39, 0.29) is 6.42 Å². The normalized spacial score (nSPS) is 23.9. The van der Waals surface area contributed by atoms with Gasteiger partial charge in [-0.05, 0) is 25.0 Å². The average Bonchev–Trinajstić information content (AvgIpc) is 2.54. The molecule has 2 unspecified atom stereocenters. The highest BCUT2D eigenvalue weighted by molar-refractivity contribution is 5.94. The van der Waals surface area contributed by atoms with E-state index < -0.39 is 17.1 Å². The number of allylic oxidation sites excluding steroid dienone is 1. The minimum Gasteiger partial charge on any atom is -0.463 e. The van der Waals surface area contributed by atoms with Gasteiger partial charge in [-0.2, -0.15) is 5.06 Å². The van der Waals surface area contributed by atoms with Gasteiger partial charge < -0.3 is 14.7 Å². The van der Waals surface area contributed by atoms with E-state index in [4.69, 9.17) is 9.57 Å². The molecule has 22 heavy (non-hydrogen) atoms. The van der Waals surface area contributed by atoms with E-state index in [0.717, 1.165) is 5.56 Å². The Bertz CT molecular complexity index is 545. The molecule has 5 nitrogen and oxygen atoms in total. The van der Waals surface area contributed by atoms with Gasteiger partial charge in [0, 0.05) is 19.9 Å². The second-order valence-corrected chi connectivity index (χ2v) is 5.76. The van der Waals surface area contributed by atoms with Crippen molar-refractivity contribution in [1.29, 1.82) is 0 Å². The van der Waals surface area contributed by atoms with Gasteiger partial charge in [0.05, 0.1) is 13.4 Å². The zero-order chi connectivity index (χ0) is 16.2. The number of hydroxylamine groups is 2. The zero-order valence-corrected chi connectivity index (χ0v) is 13.3. The topological polar surface area (TPSA) is 59.0 Å². The van der Waals surface area contributed by atoms with E-state index in [0.29, 0.717) is 12.8 Å². The highest BCUT2D eigenvalue weighted by atomic mass is 16.7. The number of Topliss-reactive ketones (excluding diaryl/α,β-unsaturated/α-hetero) is 1. The Morgan fingerprint density at radius 1 is 1.45 bits per heavy atom. The Labute approximate surface area is 131 Å². The van der Waals surface area contributed by atoms with Crippen molar-refractivity contribution in [2.24, 2.45) is 0 Å². The second-order valence-electron chi connectivity index (χ2n) is 5.76. The van der Waals surface area contributed by atoms with Crippen LogP contribution in [0.4, 0.5) is 0 Å². The molecule has 0 bridgehead atoms. The van der Waals surface area contributed by atoms with E-state index >= 15 is 0 Å². The zero-order valence-electron chi connectivity index (χ0n) is 13.3. The molecule has 0 spiro atoms. The van der Waals surface area contributed by atoms with E-state index in [9.17, 15) is 9.90 Å². The third kappa shape index (κ3) is 3.21. The van der Waals surface area contributed by atoms with Gasteiger partial charge in [0.25, 0.3) is 5.79 Å². The van der Waals surface area contributed by atoms with Gasteiger partial charge in [-0.25, -0.2) is 0 Å². The van der Waals surface area contributed by atoms with Gasteiger partial charge in [-0.15, -0.1) is 0 Å². The molecule has 0 aliphatic carbocycles. The lowest BCUT2D eigenvalue weighted by Crippen LogP contribution is -2.61. The Morgan fingerprint density at radius 3 is 2.68 bits per heavy atom. The van der Waals surface area contributed by atoms with Gasteiger partial charge in [0.2, 0.25) is 5.78 Å². The van der Waals surface area contributed by atoms with Crippen LogP contribution in [0, 0.1) is 0 Å². The number of carbonyl (C=O) groups is 1. The predicted molar refractivity (Wildman–Crippen MR) is 82.7 cm³/mol. The number of nitrogens with zero attached hydrogens (tertiary/aromatic N) is 1. The average molecular weight is 305 g/mol. The molecule has 1 aliphatic heterocycles. The van der Waals surface area contributed by atoms with Gasteiger partial charge in [-0.3, -0.25) is 4.79 Å². The number of ether oxygens (including phenoxy) is 1. The molecule has 2 atom stereocenters. The Balaban J connectivity index is 2.32. The molecule has 1 N–H and O–H groups in total. The summed E-state index contributed by atoms with van der Waals surface area (Å²) in [7, 11) is 3.19. The number of benzene rings is 1. The fourth-order valence-electron chi connectivity index (χ4n) is 2.68. The van der Waals surface area contributed by atoms with Crippen LogP contribution in [0.5, 0.6) is 0 Å². The quantitative estimate of drug-likeness (QED) is 0.815. The number of aliphatic hydroxyl groups is 1. The number of carbonyl (C=O) groups excluding carboxylic acids is 1. The van der Waals surface area contributed by atoms with E-state index in [1.807, 2.05) is 30.3 Å². The summed E-state index contributed by atoms with van der Waals surface area (Å²) >= 11 is 0. The van der Waals surface area contributed by atoms with Crippen LogP contribution in [0.1, 0.15) is 25.3 Å². The summed E-state index contributed by atoms with van der Waals surface area (Å²) < 4.78 is 5.25. The summed E-state index contributed by atoms with van der Waals surface area (Å²) in [5.41, 5.74) is -0.0621. The maximum atomic E-state index is 13.0. The van der Waals surface area contributed by atoms with Crippen LogP contribution in [-0.2, 0) is 20.8 Å². The van der Waals surface area contributed by atoms with E-state index in [1.165, 1.54) is 18.4 Å². The molecule has 1 aromatic carbocycles. The van der Waals surface area contributed by atoms with E-state index in [1.54, 1.807) is 20.0 Å². The lowest BCUT2D eigenvalue weighted by molar-refractivity contribution is -0.226. The Kier molecular flexibility index (Phi) is 5.01. The number of ketones is 1. The van der Waals surface area contributed by atoms with E-state index in [2.05, 4.69) is 0 Å². The lowest BCUT2D eigenvalue weighted by Gasteiger charge is -2.41. The van der Waals surface area contributed by atoms with Crippen molar-refractivity contribution in [2.75, 3.05) is 14.2 Å². The first kappa shape index (κ1) is 16.7. The minimum atomic E-state index is -1.81. The first-order valence-corrected chi connectivity index (χ1v) is 7.34. The first-order valence-electron chi connectivity index (χ1n) is 7.34. The number of hydrogen-bond acceptors (Lipinski definition) is 5. The van der Waals surface area contributed by atoms with Gasteiger partial charge in [0.15, 0.2) is 0 Å². The van der Waals surface area contributed by atoms with Crippen LogP contribution in [0.25, 0.3) is 0 Å². The minimum absolute atomic E-state index is 0.240.